The number of rotatable bonds is 9. The molecular weight excluding hydrogens is 344 g/mol. The number of carbonyl (C=O) groups excluding carboxylic acids is 1. The van der Waals surface area contributed by atoms with Gasteiger partial charge in [-0.25, -0.2) is 0 Å². The molecule has 2 nitrogen and oxygen atoms in total. The molecule has 0 aliphatic heterocycles. The maximum Gasteiger partial charge on any atom is 0.311 e. The van der Waals surface area contributed by atoms with Crippen molar-refractivity contribution in [2.24, 2.45) is 5.92 Å². The number of hydrogen-bond acceptors (Lipinski definition) is 2. The Kier molecular flexibility index (Phi) is 7.71. The summed E-state index contributed by atoms with van der Waals surface area (Å²) in [5.41, 5.74) is 5.49. The first-order valence-corrected chi connectivity index (χ1v) is 11.1. The maximum atomic E-state index is 11.6. The molecule has 2 heteroatoms. The van der Waals surface area contributed by atoms with E-state index < -0.39 is 0 Å². The van der Waals surface area contributed by atoms with Gasteiger partial charge in [-0.1, -0.05) is 76.3 Å². The summed E-state index contributed by atoms with van der Waals surface area (Å²) < 4.78 is 5.36. The second-order valence-corrected chi connectivity index (χ2v) is 8.19. The summed E-state index contributed by atoms with van der Waals surface area (Å²) in [5, 5.41) is 0. The second kappa shape index (κ2) is 10.5. The summed E-state index contributed by atoms with van der Waals surface area (Å²) in [6.07, 6.45) is 11.9. The van der Waals surface area contributed by atoms with Crippen molar-refractivity contribution in [1.29, 1.82) is 0 Å². The molecule has 2 aromatic carbocycles. The molecule has 3 rings (SSSR count). The van der Waals surface area contributed by atoms with Crippen LogP contribution in [0.4, 0.5) is 0 Å². The Morgan fingerprint density at radius 3 is 2.46 bits per heavy atom. The van der Waals surface area contributed by atoms with Crippen LogP contribution in [-0.4, -0.2) is 5.97 Å². The molecule has 0 spiro atoms. The minimum Gasteiger partial charge on any atom is -0.427 e. The largest absolute Gasteiger partial charge is 0.427 e. The highest BCUT2D eigenvalue weighted by atomic mass is 16.5. The fourth-order valence-electron chi connectivity index (χ4n) is 4.22. The zero-order valence-electron chi connectivity index (χ0n) is 17.5. The molecule has 0 saturated carbocycles. The van der Waals surface area contributed by atoms with Gasteiger partial charge in [0.15, 0.2) is 0 Å². The van der Waals surface area contributed by atoms with Crippen molar-refractivity contribution < 1.29 is 9.53 Å². The number of benzene rings is 2. The van der Waals surface area contributed by atoms with Gasteiger partial charge in [0.1, 0.15) is 5.75 Å². The van der Waals surface area contributed by atoms with Crippen molar-refractivity contribution in [3.05, 3.63) is 53.6 Å². The van der Waals surface area contributed by atoms with E-state index in [9.17, 15) is 4.79 Å². The summed E-state index contributed by atoms with van der Waals surface area (Å²) in [5.74, 6) is 1.34. The van der Waals surface area contributed by atoms with E-state index in [1.165, 1.54) is 68.1 Å². The van der Waals surface area contributed by atoms with Crippen molar-refractivity contribution in [3.63, 3.8) is 0 Å². The molecule has 0 fully saturated rings. The molecule has 150 valence electrons. The Bertz CT molecular complexity index is 761. The molecule has 0 amide bonds. The normalized spacial score (nSPS) is 15.9. The Hall–Kier alpha value is -2.09. The predicted molar refractivity (Wildman–Crippen MR) is 117 cm³/mol. The van der Waals surface area contributed by atoms with Crippen LogP contribution in [0.5, 0.6) is 5.75 Å². The first-order chi connectivity index (χ1) is 13.7. The van der Waals surface area contributed by atoms with Gasteiger partial charge in [-0.3, -0.25) is 4.79 Å². The van der Waals surface area contributed by atoms with Crippen LogP contribution in [0.1, 0.15) is 76.3 Å². The fourth-order valence-corrected chi connectivity index (χ4v) is 4.22. The van der Waals surface area contributed by atoms with Gasteiger partial charge in [0, 0.05) is 6.42 Å². The molecule has 0 radical (unpaired) electrons. The van der Waals surface area contributed by atoms with Gasteiger partial charge in [-0.15, -0.1) is 0 Å². The van der Waals surface area contributed by atoms with Gasteiger partial charge >= 0.3 is 5.97 Å². The topological polar surface area (TPSA) is 26.3 Å². The molecule has 1 atom stereocenters. The van der Waals surface area contributed by atoms with Crippen LogP contribution >= 0.6 is 0 Å². The fraction of sp³-hybridized carbons (Fsp3) is 0.500. The molecule has 0 aromatic heterocycles. The summed E-state index contributed by atoms with van der Waals surface area (Å²) >= 11 is 0. The van der Waals surface area contributed by atoms with Crippen molar-refractivity contribution in [3.8, 4) is 16.9 Å². The average Bonchev–Trinajstić information content (AvgIpc) is 2.71. The third-order valence-corrected chi connectivity index (χ3v) is 5.88. The van der Waals surface area contributed by atoms with Gasteiger partial charge in [-0.2, -0.15) is 0 Å². The number of carbonyl (C=O) groups is 1. The van der Waals surface area contributed by atoms with E-state index >= 15 is 0 Å². The van der Waals surface area contributed by atoms with Gasteiger partial charge in [0.25, 0.3) is 0 Å². The highest BCUT2D eigenvalue weighted by Gasteiger charge is 2.18. The van der Waals surface area contributed by atoms with Crippen LogP contribution in [-0.2, 0) is 17.6 Å². The molecule has 0 N–H and O–H groups in total. The third kappa shape index (κ3) is 5.70. The first kappa shape index (κ1) is 20.6. The van der Waals surface area contributed by atoms with Gasteiger partial charge < -0.3 is 4.74 Å². The number of ether oxygens (including phenoxy) is 1. The highest BCUT2D eigenvalue weighted by molar-refractivity contribution is 5.73. The lowest BCUT2D eigenvalue weighted by atomic mass is 9.80. The van der Waals surface area contributed by atoms with E-state index in [2.05, 4.69) is 37.3 Å². The Labute approximate surface area is 170 Å². The van der Waals surface area contributed by atoms with Crippen LogP contribution in [0.2, 0.25) is 0 Å². The van der Waals surface area contributed by atoms with Gasteiger partial charge in [0.05, 0.1) is 0 Å². The monoisotopic (exact) mass is 378 g/mol. The van der Waals surface area contributed by atoms with E-state index in [4.69, 9.17) is 4.74 Å². The lowest BCUT2D eigenvalue weighted by Gasteiger charge is -2.25. The average molecular weight is 379 g/mol. The van der Waals surface area contributed by atoms with Crippen LogP contribution < -0.4 is 4.74 Å². The summed E-state index contributed by atoms with van der Waals surface area (Å²) in [6, 6.07) is 14.8. The lowest BCUT2D eigenvalue weighted by molar-refractivity contribution is -0.134. The van der Waals surface area contributed by atoms with Gasteiger partial charge in [-0.05, 0) is 66.0 Å². The summed E-state index contributed by atoms with van der Waals surface area (Å²) in [4.78, 5) is 11.6. The second-order valence-electron chi connectivity index (χ2n) is 8.19. The zero-order valence-corrected chi connectivity index (χ0v) is 17.5. The highest BCUT2D eigenvalue weighted by Crippen LogP contribution is 2.32. The number of hydrogen-bond donors (Lipinski definition) is 0. The van der Waals surface area contributed by atoms with Crippen LogP contribution in [0.15, 0.2) is 42.5 Å². The number of unbranched alkanes of at least 4 members (excludes halogenated alkanes) is 3. The molecule has 28 heavy (non-hydrogen) atoms. The van der Waals surface area contributed by atoms with E-state index in [1.807, 2.05) is 19.1 Å². The van der Waals surface area contributed by atoms with Crippen LogP contribution in [0.25, 0.3) is 11.1 Å². The smallest absolute Gasteiger partial charge is 0.311 e. The van der Waals surface area contributed by atoms with Crippen molar-refractivity contribution in [2.45, 2.75) is 78.1 Å². The van der Waals surface area contributed by atoms with E-state index in [0.29, 0.717) is 12.2 Å². The summed E-state index contributed by atoms with van der Waals surface area (Å²) in [7, 11) is 0. The SMILES string of the molecule is CCCCCCC1CCc2cc(-c3ccc(OC(=O)CCC)cc3)ccc2C1. The molecule has 1 aliphatic rings. The Morgan fingerprint density at radius 1 is 0.929 bits per heavy atom. The molecule has 1 unspecified atom stereocenters. The molecule has 0 bridgehead atoms. The van der Waals surface area contributed by atoms with Crippen molar-refractivity contribution in [2.75, 3.05) is 0 Å². The number of esters is 1. The first-order valence-electron chi connectivity index (χ1n) is 11.1. The molecule has 0 saturated heterocycles. The third-order valence-electron chi connectivity index (χ3n) is 5.88. The van der Waals surface area contributed by atoms with E-state index in [0.717, 1.165) is 12.3 Å². The zero-order chi connectivity index (χ0) is 19.8. The number of fused-ring (bicyclic) bond motifs is 1. The van der Waals surface area contributed by atoms with Crippen molar-refractivity contribution in [1.82, 2.24) is 0 Å². The molecular formula is C26H34O2. The van der Waals surface area contributed by atoms with Crippen LogP contribution in [0, 0.1) is 5.92 Å². The van der Waals surface area contributed by atoms with E-state index in [-0.39, 0.29) is 5.97 Å². The molecule has 2 aromatic rings. The molecule has 1 aliphatic carbocycles. The standard InChI is InChI=1S/C26H34O2/c1-3-5-6-7-9-20-10-11-24-19-23(13-12-22(24)18-20)21-14-16-25(17-15-21)28-26(27)8-4-2/h12-17,19-20H,3-11,18H2,1-2H3. The number of aryl methyl sites for hydroxylation is 1. The van der Waals surface area contributed by atoms with Gasteiger partial charge in [0.2, 0.25) is 0 Å². The molecule has 0 heterocycles. The predicted octanol–water partition coefficient (Wildman–Crippen LogP) is 7.13. The quantitative estimate of drug-likeness (QED) is 0.263. The minimum absolute atomic E-state index is 0.159. The summed E-state index contributed by atoms with van der Waals surface area (Å²) in [6.45, 7) is 4.26. The Morgan fingerprint density at radius 2 is 1.71 bits per heavy atom. The van der Waals surface area contributed by atoms with Crippen LogP contribution in [0.3, 0.4) is 0 Å². The van der Waals surface area contributed by atoms with Crippen molar-refractivity contribution >= 4 is 5.97 Å². The minimum atomic E-state index is -0.159. The van der Waals surface area contributed by atoms with E-state index in [1.54, 1.807) is 5.56 Å². The maximum absolute atomic E-state index is 11.6. The lowest BCUT2D eigenvalue weighted by Crippen LogP contribution is -2.14. The Balaban J connectivity index is 1.60.